The summed E-state index contributed by atoms with van der Waals surface area (Å²) < 4.78 is 29.0. The highest BCUT2D eigenvalue weighted by molar-refractivity contribution is 7.89. The number of amides is 3. The van der Waals surface area contributed by atoms with E-state index in [0.29, 0.717) is 11.3 Å². The van der Waals surface area contributed by atoms with Gasteiger partial charge in [-0.2, -0.15) is 4.31 Å². The minimum absolute atomic E-state index is 0.0153. The largest absolute Gasteiger partial charge is 0.411 e. The van der Waals surface area contributed by atoms with Crippen LogP contribution < -0.4 is 10.6 Å². The number of thiazole rings is 1. The molecule has 4 atom stereocenters. The van der Waals surface area contributed by atoms with E-state index in [1.165, 1.54) is 57.9 Å². The molecule has 3 amide bonds. The van der Waals surface area contributed by atoms with Crippen LogP contribution in [0.25, 0.3) is 0 Å². The molecule has 0 spiro atoms. The fourth-order valence-corrected chi connectivity index (χ4v) is 7.52. The van der Waals surface area contributed by atoms with Gasteiger partial charge in [0.2, 0.25) is 15.9 Å². The number of aliphatic hydroxyl groups excluding tert-OH is 2. The normalized spacial score (nSPS) is 16.2. The molecule has 0 saturated heterocycles. The first-order chi connectivity index (χ1) is 22.9. The first-order valence-corrected chi connectivity index (χ1v) is 18.1. The first kappa shape index (κ1) is 36.9. The van der Waals surface area contributed by atoms with Gasteiger partial charge in [0.05, 0.1) is 46.6 Å². The van der Waals surface area contributed by atoms with E-state index in [9.17, 15) is 28.2 Å². The monoisotopic (exact) mass is 700 g/mol. The van der Waals surface area contributed by atoms with E-state index < -0.39 is 46.3 Å². The maximum absolute atomic E-state index is 13.9. The molecule has 4 rings (SSSR count). The summed E-state index contributed by atoms with van der Waals surface area (Å²) >= 11 is 1.45. The Morgan fingerprint density at radius 2 is 1.79 bits per heavy atom. The SMILES string of the molecule is Cc1nc(CN(C)C(=O)N[C@H](C(=O)N[C@@H](Cc2ccccc2)[C@@H](O)CN(CC2CCC2)S(=O)(=O)c2ccc(C=NO)cc2)[C@@H](C)O)cs1. The summed E-state index contributed by atoms with van der Waals surface area (Å²) in [6.07, 6.45) is 1.43. The molecule has 0 bridgehead atoms. The number of hydrogen-bond acceptors (Lipinski definition) is 10. The van der Waals surface area contributed by atoms with Gasteiger partial charge in [-0.25, -0.2) is 18.2 Å². The summed E-state index contributed by atoms with van der Waals surface area (Å²) in [7, 11) is -2.52. The van der Waals surface area contributed by atoms with Gasteiger partial charge in [0, 0.05) is 25.5 Å². The second kappa shape index (κ2) is 17.0. The predicted octanol–water partition coefficient (Wildman–Crippen LogP) is 2.73. The van der Waals surface area contributed by atoms with Gasteiger partial charge < -0.3 is 31.0 Å². The van der Waals surface area contributed by atoms with Gasteiger partial charge in [-0.3, -0.25) is 4.79 Å². The van der Waals surface area contributed by atoms with Crippen LogP contribution in [0.1, 0.15) is 48.0 Å². The van der Waals surface area contributed by atoms with Gasteiger partial charge in [0.25, 0.3) is 0 Å². The fourth-order valence-electron chi connectivity index (χ4n) is 5.38. The summed E-state index contributed by atoms with van der Waals surface area (Å²) in [5, 5.41) is 42.0. The molecule has 1 aliphatic rings. The zero-order valence-electron chi connectivity index (χ0n) is 27.3. The Kier molecular flexibility index (Phi) is 13.1. The number of carbonyl (C=O) groups excluding carboxylic acids is 2. The van der Waals surface area contributed by atoms with Crippen molar-refractivity contribution in [2.45, 2.75) is 75.3 Å². The third-order valence-corrected chi connectivity index (χ3v) is 11.0. The van der Waals surface area contributed by atoms with Crippen LogP contribution in [-0.4, -0.2) is 101 Å². The standard InChI is InChI=1S/C33H44N6O7S2/c1-22(40)31(37-33(43)38(3)19-27-21-47-23(2)35-27)32(42)36-29(16-24-8-5-4-6-9-24)30(41)20-39(18-26-10-7-11-26)48(45,46)28-14-12-25(13-15-28)17-34-44/h4-6,8-9,12-15,17,21-22,26,29-31,40-41,44H,7,10-11,16,18-20H2,1-3H3,(H,36,42)(H,37,43)/t22-,29+,30+,31+/m1/s1. The molecule has 48 heavy (non-hydrogen) atoms. The van der Waals surface area contributed by atoms with Crippen molar-refractivity contribution in [3.63, 3.8) is 0 Å². The number of benzene rings is 2. The number of aromatic nitrogens is 1. The molecule has 2 aromatic carbocycles. The van der Waals surface area contributed by atoms with Crippen molar-refractivity contribution in [1.29, 1.82) is 0 Å². The molecule has 3 aromatic rings. The quantitative estimate of drug-likeness (QED) is 0.0858. The maximum atomic E-state index is 13.9. The van der Waals surface area contributed by atoms with Gasteiger partial charge in [-0.05, 0) is 62.3 Å². The van der Waals surface area contributed by atoms with Gasteiger partial charge in [0.1, 0.15) is 6.04 Å². The summed E-state index contributed by atoms with van der Waals surface area (Å²) in [6.45, 7) is 3.32. The van der Waals surface area contributed by atoms with Crippen molar-refractivity contribution in [2.24, 2.45) is 11.1 Å². The lowest BCUT2D eigenvalue weighted by molar-refractivity contribution is -0.127. The van der Waals surface area contributed by atoms with E-state index in [1.54, 1.807) is 7.05 Å². The van der Waals surface area contributed by atoms with Crippen LogP contribution in [0.4, 0.5) is 4.79 Å². The van der Waals surface area contributed by atoms with E-state index in [1.807, 2.05) is 42.6 Å². The van der Waals surface area contributed by atoms with Crippen molar-refractivity contribution in [3.8, 4) is 0 Å². The average Bonchev–Trinajstić information content (AvgIpc) is 3.44. The Labute approximate surface area is 285 Å². The van der Waals surface area contributed by atoms with Crippen molar-refractivity contribution in [2.75, 3.05) is 20.1 Å². The lowest BCUT2D eigenvalue weighted by Crippen LogP contribution is -2.59. The predicted molar refractivity (Wildman–Crippen MR) is 182 cm³/mol. The molecule has 0 radical (unpaired) electrons. The minimum atomic E-state index is -4.07. The molecule has 1 saturated carbocycles. The van der Waals surface area contributed by atoms with Crippen molar-refractivity contribution in [1.82, 2.24) is 24.8 Å². The van der Waals surface area contributed by atoms with Gasteiger partial charge in [-0.15, -0.1) is 11.3 Å². The van der Waals surface area contributed by atoms with Crippen LogP contribution in [0.15, 0.2) is 70.0 Å². The fraction of sp³-hybridized carbons (Fsp3) is 0.455. The number of nitrogens with one attached hydrogen (secondary N) is 2. The average molecular weight is 701 g/mol. The van der Waals surface area contributed by atoms with Crippen LogP contribution >= 0.6 is 11.3 Å². The zero-order chi connectivity index (χ0) is 34.8. The summed E-state index contributed by atoms with van der Waals surface area (Å²) in [5.74, 6) is -0.597. The van der Waals surface area contributed by atoms with Gasteiger partial charge in [-0.1, -0.05) is 54.0 Å². The van der Waals surface area contributed by atoms with E-state index >= 15 is 0 Å². The van der Waals surface area contributed by atoms with E-state index in [4.69, 9.17) is 5.21 Å². The molecule has 13 nitrogen and oxygen atoms in total. The highest BCUT2D eigenvalue weighted by atomic mass is 32.2. The molecule has 260 valence electrons. The summed E-state index contributed by atoms with van der Waals surface area (Å²) in [6, 6.07) is 12.0. The molecule has 1 aromatic heterocycles. The Morgan fingerprint density at radius 1 is 1.10 bits per heavy atom. The van der Waals surface area contributed by atoms with Crippen LogP contribution in [-0.2, 0) is 27.8 Å². The molecular weight excluding hydrogens is 657 g/mol. The topological polar surface area (TPSA) is 185 Å². The lowest BCUT2D eigenvalue weighted by Gasteiger charge is -2.35. The third-order valence-electron chi connectivity index (χ3n) is 8.35. The number of aryl methyl sites for hydroxylation is 1. The number of sulfonamides is 1. The first-order valence-electron chi connectivity index (χ1n) is 15.8. The summed E-state index contributed by atoms with van der Waals surface area (Å²) in [4.78, 5) is 32.4. The number of urea groups is 1. The molecule has 1 aliphatic carbocycles. The summed E-state index contributed by atoms with van der Waals surface area (Å²) in [5.41, 5.74) is 1.99. The number of oxime groups is 1. The van der Waals surface area contributed by atoms with Crippen LogP contribution in [0.5, 0.6) is 0 Å². The maximum Gasteiger partial charge on any atom is 0.318 e. The highest BCUT2D eigenvalue weighted by Gasteiger charge is 2.35. The molecule has 0 unspecified atom stereocenters. The molecule has 5 N–H and O–H groups in total. The number of carbonyl (C=O) groups is 2. The third kappa shape index (κ3) is 10.1. The Balaban J connectivity index is 1.54. The number of nitrogens with zero attached hydrogens (tertiary/aromatic N) is 4. The van der Waals surface area contributed by atoms with Crippen LogP contribution in [0.3, 0.4) is 0 Å². The van der Waals surface area contributed by atoms with E-state index in [-0.39, 0.29) is 36.9 Å². The zero-order valence-corrected chi connectivity index (χ0v) is 28.9. The Bertz CT molecular complexity index is 1630. The van der Waals surface area contributed by atoms with Crippen LogP contribution in [0.2, 0.25) is 0 Å². The van der Waals surface area contributed by atoms with Gasteiger partial charge >= 0.3 is 6.03 Å². The van der Waals surface area contributed by atoms with E-state index in [0.717, 1.165) is 29.8 Å². The number of aliphatic hydroxyl groups is 2. The van der Waals surface area contributed by atoms with E-state index in [2.05, 4.69) is 20.8 Å². The van der Waals surface area contributed by atoms with Crippen molar-refractivity contribution >= 4 is 39.5 Å². The molecule has 0 aliphatic heterocycles. The molecule has 1 fully saturated rings. The highest BCUT2D eigenvalue weighted by Crippen LogP contribution is 2.30. The second-order valence-electron chi connectivity index (χ2n) is 12.2. The number of rotatable bonds is 16. The minimum Gasteiger partial charge on any atom is -0.411 e. The smallest absolute Gasteiger partial charge is 0.318 e. The number of hydrogen-bond donors (Lipinski definition) is 5. The lowest BCUT2D eigenvalue weighted by atomic mass is 9.85. The van der Waals surface area contributed by atoms with Crippen molar-refractivity contribution < 1.29 is 33.4 Å². The Hall–Kier alpha value is -3.89. The molecule has 1 heterocycles. The molecular formula is C33H44N6O7S2. The second-order valence-corrected chi connectivity index (χ2v) is 15.2. The Morgan fingerprint density at radius 3 is 2.35 bits per heavy atom. The van der Waals surface area contributed by atoms with Crippen molar-refractivity contribution in [3.05, 3.63) is 81.8 Å². The van der Waals surface area contributed by atoms with Crippen LogP contribution in [0, 0.1) is 12.8 Å². The van der Waals surface area contributed by atoms with Gasteiger partial charge in [0.15, 0.2) is 0 Å². The molecule has 15 heteroatoms.